The molecule has 4 heteroatoms. The van der Waals surface area contributed by atoms with E-state index in [4.69, 9.17) is 5.26 Å². The average molecular weight is 336 g/mol. The molecule has 0 rings (SSSR count). The second-order valence-corrected chi connectivity index (χ2v) is 5.56. The van der Waals surface area contributed by atoms with E-state index in [0.717, 1.165) is 6.42 Å². The summed E-state index contributed by atoms with van der Waals surface area (Å²) >= 11 is 0. The molecule has 0 aromatic heterocycles. The highest BCUT2D eigenvalue weighted by Crippen LogP contribution is 2.05. The van der Waals surface area contributed by atoms with E-state index in [0.29, 0.717) is 6.42 Å². The molecule has 0 aromatic carbocycles. The van der Waals surface area contributed by atoms with E-state index >= 15 is 0 Å². The van der Waals surface area contributed by atoms with Gasteiger partial charge in [-0.3, -0.25) is 4.89 Å². The molecule has 0 saturated heterocycles. The summed E-state index contributed by atoms with van der Waals surface area (Å²) in [5.41, 5.74) is 0. The van der Waals surface area contributed by atoms with Gasteiger partial charge in [0.1, 0.15) is 0 Å². The van der Waals surface area contributed by atoms with Crippen molar-refractivity contribution in [3.05, 3.63) is 48.6 Å². The van der Waals surface area contributed by atoms with Crippen molar-refractivity contribution in [1.82, 2.24) is 0 Å². The molecule has 0 radical (unpaired) electrons. The molecule has 136 valence electrons. The lowest BCUT2D eigenvalue weighted by molar-refractivity contribution is -0.462. The van der Waals surface area contributed by atoms with Crippen LogP contribution in [0.4, 0.5) is 0 Å². The first-order chi connectivity index (χ1) is 11.8. The maximum Gasteiger partial charge on any atom is 0.345 e. The minimum Gasteiger partial charge on any atom is -0.269 e. The van der Waals surface area contributed by atoms with Crippen LogP contribution in [-0.4, -0.2) is 11.2 Å². The maximum absolute atomic E-state index is 10.8. The standard InChI is InChI=1S/C20H32O4/c1-2-3-4-5-6-7-8-9-10-11-12-13-14-15-16-17-18-19-20(21)23-24-22/h5-6,12-17,22H,2-4,7-11,18-19H2,1H3/b6-5+,13-12+,15-14+,17-16+. The Morgan fingerprint density at radius 1 is 0.792 bits per heavy atom. The molecular formula is C20H32O4. The fourth-order valence-electron chi connectivity index (χ4n) is 2.02. The normalized spacial score (nSPS) is 12.2. The Balaban J connectivity index is 3.42. The van der Waals surface area contributed by atoms with Gasteiger partial charge in [0.25, 0.3) is 0 Å². The molecule has 24 heavy (non-hydrogen) atoms. The van der Waals surface area contributed by atoms with Crippen molar-refractivity contribution in [3.8, 4) is 0 Å². The molecule has 0 fully saturated rings. The Labute approximate surface area is 146 Å². The molecule has 4 nitrogen and oxygen atoms in total. The molecule has 0 aliphatic carbocycles. The molecule has 0 amide bonds. The summed E-state index contributed by atoms with van der Waals surface area (Å²) in [6.07, 6.45) is 27.1. The van der Waals surface area contributed by atoms with Crippen LogP contribution in [0.3, 0.4) is 0 Å². The monoisotopic (exact) mass is 336 g/mol. The van der Waals surface area contributed by atoms with E-state index in [9.17, 15) is 4.79 Å². The number of hydrogen-bond donors (Lipinski definition) is 1. The van der Waals surface area contributed by atoms with Gasteiger partial charge in [0.15, 0.2) is 0 Å². The van der Waals surface area contributed by atoms with Gasteiger partial charge in [0, 0.05) is 0 Å². The van der Waals surface area contributed by atoms with Gasteiger partial charge in [-0.1, -0.05) is 74.8 Å². The lowest BCUT2D eigenvalue weighted by atomic mass is 10.1. The zero-order valence-corrected chi connectivity index (χ0v) is 14.9. The third-order valence-electron chi connectivity index (χ3n) is 3.38. The van der Waals surface area contributed by atoms with Crippen LogP contribution in [0.1, 0.15) is 71.1 Å². The summed E-state index contributed by atoms with van der Waals surface area (Å²) in [5, 5.41) is 11.2. The van der Waals surface area contributed by atoms with Crippen LogP contribution >= 0.6 is 0 Å². The Morgan fingerprint density at radius 2 is 1.38 bits per heavy atom. The topological polar surface area (TPSA) is 55.8 Å². The average Bonchev–Trinajstić information content (AvgIpc) is 2.58. The molecule has 0 saturated carbocycles. The molecule has 0 spiro atoms. The minimum absolute atomic E-state index is 0.175. The SMILES string of the molecule is CCCC/C=C/CCCCC/C=C/C=C/C=C/CCC(=O)OOO. The summed E-state index contributed by atoms with van der Waals surface area (Å²) in [6, 6.07) is 0. The second kappa shape index (κ2) is 19.4. The quantitative estimate of drug-likeness (QED) is 0.129. The van der Waals surface area contributed by atoms with Gasteiger partial charge >= 0.3 is 5.97 Å². The van der Waals surface area contributed by atoms with Crippen molar-refractivity contribution in [2.75, 3.05) is 0 Å². The molecule has 0 atom stereocenters. The number of carbonyl (C=O) groups is 1. The van der Waals surface area contributed by atoms with Crippen molar-refractivity contribution in [2.45, 2.75) is 71.1 Å². The molecule has 0 unspecified atom stereocenters. The largest absolute Gasteiger partial charge is 0.345 e. The van der Waals surface area contributed by atoms with Crippen LogP contribution in [-0.2, 0) is 14.7 Å². The van der Waals surface area contributed by atoms with Gasteiger partial charge in [0.05, 0.1) is 6.42 Å². The van der Waals surface area contributed by atoms with Crippen LogP contribution in [0.2, 0.25) is 0 Å². The van der Waals surface area contributed by atoms with E-state index in [-0.39, 0.29) is 6.42 Å². The van der Waals surface area contributed by atoms with Crippen molar-refractivity contribution in [2.24, 2.45) is 0 Å². The number of unbranched alkanes of at least 4 members (excludes halogenated alkanes) is 6. The molecule has 0 aliphatic rings. The van der Waals surface area contributed by atoms with Crippen LogP contribution in [0.15, 0.2) is 48.6 Å². The molecule has 1 N–H and O–H groups in total. The number of carbonyl (C=O) groups excluding carboxylic acids is 1. The Morgan fingerprint density at radius 3 is 2.00 bits per heavy atom. The summed E-state index contributed by atoms with van der Waals surface area (Å²) < 4.78 is 0. The van der Waals surface area contributed by atoms with E-state index in [2.05, 4.69) is 35.1 Å². The first-order valence-corrected chi connectivity index (χ1v) is 8.95. The third-order valence-corrected chi connectivity index (χ3v) is 3.38. The van der Waals surface area contributed by atoms with Crippen molar-refractivity contribution >= 4 is 5.97 Å². The Hall–Kier alpha value is -1.65. The number of hydrogen-bond acceptors (Lipinski definition) is 4. The van der Waals surface area contributed by atoms with Gasteiger partial charge < -0.3 is 0 Å². The fraction of sp³-hybridized carbons (Fsp3) is 0.550. The molecule has 0 aliphatic heterocycles. The van der Waals surface area contributed by atoms with E-state index < -0.39 is 5.97 Å². The smallest absolute Gasteiger partial charge is 0.269 e. The Bertz CT molecular complexity index is 394. The van der Waals surface area contributed by atoms with Gasteiger partial charge in [-0.2, -0.15) is 0 Å². The fourth-order valence-corrected chi connectivity index (χ4v) is 2.02. The number of allylic oxidation sites excluding steroid dienone is 8. The zero-order chi connectivity index (χ0) is 17.7. The first-order valence-electron chi connectivity index (χ1n) is 8.95. The van der Waals surface area contributed by atoms with Gasteiger partial charge in [-0.05, 0) is 43.6 Å². The molecule has 0 aromatic rings. The second-order valence-electron chi connectivity index (χ2n) is 5.56. The first kappa shape index (κ1) is 22.4. The summed E-state index contributed by atoms with van der Waals surface area (Å²) in [6.45, 7) is 2.22. The van der Waals surface area contributed by atoms with E-state index in [1.807, 2.05) is 30.4 Å². The van der Waals surface area contributed by atoms with Crippen LogP contribution < -0.4 is 0 Å². The Kier molecular flexibility index (Phi) is 18.1. The minimum atomic E-state index is -0.595. The highest BCUT2D eigenvalue weighted by molar-refractivity contribution is 5.68. The predicted octanol–water partition coefficient (Wildman–Crippen LogP) is 6.08. The lowest BCUT2D eigenvalue weighted by Crippen LogP contribution is -2.01. The molecule has 0 heterocycles. The van der Waals surface area contributed by atoms with Crippen molar-refractivity contribution < 1.29 is 20.0 Å². The van der Waals surface area contributed by atoms with Gasteiger partial charge in [-0.15, -0.1) is 0 Å². The maximum atomic E-state index is 10.8. The molecular weight excluding hydrogens is 304 g/mol. The predicted molar refractivity (Wildman–Crippen MR) is 98.2 cm³/mol. The van der Waals surface area contributed by atoms with Gasteiger partial charge in [0.2, 0.25) is 0 Å². The highest BCUT2D eigenvalue weighted by atomic mass is 17.5. The lowest BCUT2D eigenvalue weighted by Gasteiger charge is -1.95. The zero-order valence-electron chi connectivity index (χ0n) is 14.9. The van der Waals surface area contributed by atoms with Crippen molar-refractivity contribution in [3.63, 3.8) is 0 Å². The van der Waals surface area contributed by atoms with Crippen molar-refractivity contribution in [1.29, 1.82) is 0 Å². The van der Waals surface area contributed by atoms with Crippen LogP contribution in [0.5, 0.6) is 0 Å². The van der Waals surface area contributed by atoms with E-state index in [1.165, 1.54) is 44.9 Å². The van der Waals surface area contributed by atoms with Crippen LogP contribution in [0, 0.1) is 0 Å². The summed E-state index contributed by atoms with van der Waals surface area (Å²) in [7, 11) is 0. The third kappa shape index (κ3) is 18.4. The van der Waals surface area contributed by atoms with Crippen LogP contribution in [0.25, 0.3) is 0 Å². The van der Waals surface area contributed by atoms with Gasteiger partial charge in [-0.25, -0.2) is 10.1 Å². The summed E-state index contributed by atoms with van der Waals surface area (Å²) in [4.78, 5) is 14.8. The summed E-state index contributed by atoms with van der Waals surface area (Å²) in [5.74, 6) is -0.595. The molecule has 0 bridgehead atoms. The highest BCUT2D eigenvalue weighted by Gasteiger charge is 2.00. The number of rotatable bonds is 15. The van der Waals surface area contributed by atoms with E-state index in [1.54, 1.807) is 0 Å².